The topological polar surface area (TPSA) is 9.23 Å². The average molecular weight is 413 g/mol. The molecular weight excluding hydrogens is 380 g/mol. The van der Waals surface area contributed by atoms with Crippen molar-refractivity contribution in [2.45, 2.75) is 58.8 Å². The molecule has 0 amide bonds. The van der Waals surface area contributed by atoms with E-state index >= 15 is 0 Å². The van der Waals surface area contributed by atoms with Crippen molar-refractivity contribution in [3.05, 3.63) is 65.2 Å². The molecule has 0 N–H and O–H groups in total. The molecular formula is C25H32OS2. The molecule has 1 aliphatic rings. The highest BCUT2D eigenvalue weighted by Crippen LogP contribution is 2.40. The molecule has 3 rings (SSSR count). The third-order valence-corrected chi connectivity index (χ3v) is 6.39. The van der Waals surface area contributed by atoms with Crippen LogP contribution in [0.25, 0.3) is 9.81 Å². The fourth-order valence-corrected chi connectivity index (χ4v) is 4.28. The number of rotatable bonds is 5. The van der Waals surface area contributed by atoms with Crippen molar-refractivity contribution in [1.82, 2.24) is 0 Å². The maximum absolute atomic E-state index is 6.23. The van der Waals surface area contributed by atoms with Gasteiger partial charge in [0.2, 0.25) is 0 Å². The standard InChI is InChI=1S/C25H32OS2/c1-25(2,3)17-26-22-15-14-20(18-10-6-4-7-11-18)16-21(22)24(28)23(27)19-12-8-5-9-13-19/h5,8-9,12-16,18,27-28H,4,6-7,10-11,17H2,1-3H3/b24-23-. The van der Waals surface area contributed by atoms with E-state index < -0.39 is 0 Å². The van der Waals surface area contributed by atoms with Gasteiger partial charge in [0.1, 0.15) is 5.75 Å². The van der Waals surface area contributed by atoms with Crippen LogP contribution < -0.4 is 4.74 Å². The van der Waals surface area contributed by atoms with Crippen molar-refractivity contribution in [2.75, 3.05) is 6.61 Å². The van der Waals surface area contributed by atoms with Gasteiger partial charge in [0, 0.05) is 15.4 Å². The van der Waals surface area contributed by atoms with E-state index in [4.69, 9.17) is 30.0 Å². The van der Waals surface area contributed by atoms with Gasteiger partial charge in [-0.1, -0.05) is 76.4 Å². The summed E-state index contributed by atoms with van der Waals surface area (Å²) in [4.78, 5) is 1.75. The summed E-state index contributed by atoms with van der Waals surface area (Å²) in [5, 5.41) is 0. The molecule has 2 aromatic rings. The Labute approximate surface area is 181 Å². The second kappa shape index (κ2) is 9.45. The maximum Gasteiger partial charge on any atom is 0.127 e. The summed E-state index contributed by atoms with van der Waals surface area (Å²) in [6.45, 7) is 7.23. The zero-order valence-electron chi connectivity index (χ0n) is 17.2. The van der Waals surface area contributed by atoms with E-state index in [1.54, 1.807) is 0 Å². The van der Waals surface area contributed by atoms with Gasteiger partial charge in [-0.2, -0.15) is 0 Å². The Kier molecular flexibility index (Phi) is 7.22. The summed E-state index contributed by atoms with van der Waals surface area (Å²) in [6, 6.07) is 16.9. The van der Waals surface area contributed by atoms with Gasteiger partial charge in [0.05, 0.1) is 6.61 Å². The van der Waals surface area contributed by atoms with E-state index in [1.165, 1.54) is 37.7 Å². The van der Waals surface area contributed by atoms with Crippen molar-refractivity contribution in [3.63, 3.8) is 0 Å². The minimum atomic E-state index is 0.100. The highest BCUT2D eigenvalue weighted by atomic mass is 32.1. The predicted molar refractivity (Wildman–Crippen MR) is 128 cm³/mol. The first-order valence-electron chi connectivity index (χ1n) is 10.3. The lowest BCUT2D eigenvalue weighted by Crippen LogP contribution is -2.17. The molecule has 1 saturated carbocycles. The second-order valence-electron chi connectivity index (χ2n) is 9.00. The molecule has 1 nitrogen and oxygen atoms in total. The minimum Gasteiger partial charge on any atom is -0.492 e. The zero-order chi connectivity index (χ0) is 20.1. The van der Waals surface area contributed by atoms with Crippen LogP contribution in [-0.4, -0.2) is 6.61 Å². The molecule has 0 aromatic heterocycles. The minimum absolute atomic E-state index is 0.100. The highest BCUT2D eigenvalue weighted by molar-refractivity contribution is 7.96. The number of benzene rings is 2. The summed E-state index contributed by atoms with van der Waals surface area (Å²) >= 11 is 9.70. The van der Waals surface area contributed by atoms with Gasteiger partial charge in [-0.3, -0.25) is 0 Å². The molecule has 0 saturated heterocycles. The Hall–Kier alpha value is -1.32. The third kappa shape index (κ3) is 5.61. The van der Waals surface area contributed by atoms with Crippen molar-refractivity contribution >= 4 is 35.1 Å². The monoisotopic (exact) mass is 412 g/mol. The van der Waals surface area contributed by atoms with Crippen LogP contribution in [0.15, 0.2) is 48.5 Å². The van der Waals surface area contributed by atoms with E-state index in [0.29, 0.717) is 12.5 Å². The van der Waals surface area contributed by atoms with Crippen LogP contribution in [0.5, 0.6) is 5.75 Å². The molecule has 0 bridgehead atoms. The molecule has 2 aromatic carbocycles. The van der Waals surface area contributed by atoms with Gasteiger partial charge < -0.3 is 4.74 Å². The molecule has 0 radical (unpaired) electrons. The highest BCUT2D eigenvalue weighted by Gasteiger charge is 2.20. The molecule has 0 atom stereocenters. The van der Waals surface area contributed by atoms with Crippen molar-refractivity contribution < 1.29 is 4.74 Å². The third-order valence-electron chi connectivity index (χ3n) is 5.27. The molecule has 150 valence electrons. The van der Waals surface area contributed by atoms with Crippen LogP contribution in [0, 0.1) is 5.41 Å². The lowest BCUT2D eigenvalue weighted by Gasteiger charge is -2.25. The van der Waals surface area contributed by atoms with Gasteiger partial charge in [0.25, 0.3) is 0 Å². The van der Waals surface area contributed by atoms with Crippen LogP contribution in [0.4, 0.5) is 0 Å². The smallest absolute Gasteiger partial charge is 0.127 e. The van der Waals surface area contributed by atoms with Crippen molar-refractivity contribution in [1.29, 1.82) is 0 Å². The van der Waals surface area contributed by atoms with E-state index in [-0.39, 0.29) is 5.41 Å². The Morgan fingerprint density at radius 1 is 0.929 bits per heavy atom. The lowest BCUT2D eigenvalue weighted by molar-refractivity contribution is 0.197. The Morgan fingerprint density at radius 2 is 1.61 bits per heavy atom. The Bertz CT molecular complexity index is 812. The number of hydrogen-bond donors (Lipinski definition) is 2. The Morgan fingerprint density at radius 3 is 2.25 bits per heavy atom. The summed E-state index contributed by atoms with van der Waals surface area (Å²) in [5.41, 5.74) is 3.62. The van der Waals surface area contributed by atoms with Crippen molar-refractivity contribution in [2.24, 2.45) is 5.41 Å². The maximum atomic E-state index is 6.23. The largest absolute Gasteiger partial charge is 0.492 e. The molecule has 3 heteroatoms. The van der Waals surface area contributed by atoms with Gasteiger partial charge in [-0.05, 0) is 47.4 Å². The Balaban J connectivity index is 2.00. The van der Waals surface area contributed by atoms with Crippen LogP contribution in [-0.2, 0) is 0 Å². The first-order chi connectivity index (χ1) is 13.3. The number of hydrogen-bond acceptors (Lipinski definition) is 3. The molecule has 0 heterocycles. The fourth-order valence-electron chi connectivity index (χ4n) is 3.70. The van der Waals surface area contributed by atoms with Gasteiger partial charge in [0.15, 0.2) is 0 Å². The molecule has 0 aliphatic heterocycles. The van der Waals surface area contributed by atoms with Crippen LogP contribution in [0.2, 0.25) is 0 Å². The van der Waals surface area contributed by atoms with E-state index in [2.05, 4.69) is 51.1 Å². The van der Waals surface area contributed by atoms with Crippen LogP contribution in [0.3, 0.4) is 0 Å². The molecule has 28 heavy (non-hydrogen) atoms. The average Bonchev–Trinajstić information content (AvgIpc) is 2.72. The van der Waals surface area contributed by atoms with Crippen LogP contribution in [0.1, 0.15) is 75.5 Å². The van der Waals surface area contributed by atoms with Crippen molar-refractivity contribution in [3.8, 4) is 5.75 Å². The van der Waals surface area contributed by atoms with Crippen LogP contribution >= 0.6 is 25.3 Å². The summed E-state index contributed by atoms with van der Waals surface area (Å²) in [6.07, 6.45) is 6.57. The second-order valence-corrected chi connectivity index (χ2v) is 9.90. The molecule has 1 aliphatic carbocycles. The summed E-state index contributed by atoms with van der Waals surface area (Å²) < 4.78 is 6.23. The zero-order valence-corrected chi connectivity index (χ0v) is 19.0. The van der Waals surface area contributed by atoms with Gasteiger partial charge in [-0.25, -0.2) is 0 Å². The normalized spacial score (nSPS) is 16.6. The fraction of sp³-hybridized carbons (Fsp3) is 0.440. The first-order valence-corrected chi connectivity index (χ1v) is 11.2. The lowest BCUT2D eigenvalue weighted by atomic mass is 9.83. The quantitative estimate of drug-likeness (QED) is 0.375. The van der Waals surface area contributed by atoms with E-state index in [1.807, 2.05) is 18.2 Å². The SMILES string of the molecule is CC(C)(C)COc1ccc(C2CCCCC2)cc1/C(S)=C(/S)c1ccccc1. The molecule has 0 unspecified atom stereocenters. The predicted octanol–water partition coefficient (Wildman–Crippen LogP) is 7.84. The van der Waals surface area contributed by atoms with E-state index in [0.717, 1.165) is 26.7 Å². The first kappa shape index (κ1) is 21.4. The number of thiol groups is 2. The molecule has 1 fully saturated rings. The summed E-state index contributed by atoms with van der Waals surface area (Å²) in [5.74, 6) is 1.53. The summed E-state index contributed by atoms with van der Waals surface area (Å²) in [7, 11) is 0. The number of ether oxygens (including phenoxy) is 1. The van der Waals surface area contributed by atoms with Gasteiger partial charge >= 0.3 is 0 Å². The van der Waals surface area contributed by atoms with Gasteiger partial charge in [-0.15, -0.1) is 25.3 Å². The van der Waals surface area contributed by atoms with E-state index in [9.17, 15) is 0 Å². The molecule has 0 spiro atoms.